The van der Waals surface area contributed by atoms with Crippen LogP contribution in [0.4, 0.5) is 5.69 Å². The van der Waals surface area contributed by atoms with Crippen molar-refractivity contribution in [3.8, 4) is 0 Å². The molecule has 0 bridgehead atoms. The highest BCUT2D eigenvalue weighted by molar-refractivity contribution is 9.10. The standard InChI is InChI=1S/C16H20BrN3O/c1-4-20(10-16(21)19-11(2)3)15-7-8-18-14-6-5-12(17)9-13(14)15/h5-9,11H,4,10H2,1-3H3,(H,19,21). The number of fused-ring (bicyclic) bond motifs is 1. The van der Waals surface area contributed by atoms with Crippen molar-refractivity contribution in [3.63, 3.8) is 0 Å². The minimum Gasteiger partial charge on any atom is -0.362 e. The average Bonchev–Trinajstić information content (AvgIpc) is 2.43. The second kappa shape index (κ2) is 6.89. The van der Waals surface area contributed by atoms with Crippen LogP contribution in [-0.2, 0) is 4.79 Å². The van der Waals surface area contributed by atoms with E-state index < -0.39 is 0 Å². The number of benzene rings is 1. The molecule has 112 valence electrons. The average molecular weight is 350 g/mol. The fraction of sp³-hybridized carbons (Fsp3) is 0.375. The number of halogens is 1. The number of aromatic nitrogens is 1. The summed E-state index contributed by atoms with van der Waals surface area (Å²) in [7, 11) is 0. The smallest absolute Gasteiger partial charge is 0.239 e. The number of hydrogen-bond acceptors (Lipinski definition) is 3. The Morgan fingerprint density at radius 1 is 1.38 bits per heavy atom. The van der Waals surface area contributed by atoms with Crippen molar-refractivity contribution in [2.75, 3.05) is 18.0 Å². The molecule has 0 aliphatic carbocycles. The lowest BCUT2D eigenvalue weighted by atomic mass is 10.1. The Kier molecular flexibility index (Phi) is 5.17. The maximum atomic E-state index is 12.0. The third-order valence-electron chi connectivity index (χ3n) is 3.19. The van der Waals surface area contributed by atoms with Gasteiger partial charge in [-0.3, -0.25) is 9.78 Å². The molecule has 0 fully saturated rings. The normalized spacial score (nSPS) is 10.9. The molecule has 0 aliphatic rings. The summed E-state index contributed by atoms with van der Waals surface area (Å²) in [5.74, 6) is 0.0341. The summed E-state index contributed by atoms with van der Waals surface area (Å²) >= 11 is 3.50. The second-order valence-corrected chi connectivity index (χ2v) is 6.14. The van der Waals surface area contributed by atoms with Crippen molar-refractivity contribution in [1.82, 2.24) is 10.3 Å². The zero-order valence-corrected chi connectivity index (χ0v) is 14.1. The lowest BCUT2D eigenvalue weighted by molar-refractivity contribution is -0.120. The summed E-state index contributed by atoms with van der Waals surface area (Å²) in [6.45, 7) is 7.09. The largest absolute Gasteiger partial charge is 0.362 e. The minimum atomic E-state index is 0.0341. The van der Waals surface area contributed by atoms with Crippen molar-refractivity contribution in [1.29, 1.82) is 0 Å². The topological polar surface area (TPSA) is 45.2 Å². The van der Waals surface area contributed by atoms with Gasteiger partial charge in [0.2, 0.25) is 5.91 Å². The van der Waals surface area contributed by atoms with E-state index in [-0.39, 0.29) is 11.9 Å². The number of anilines is 1. The van der Waals surface area contributed by atoms with E-state index in [9.17, 15) is 4.79 Å². The van der Waals surface area contributed by atoms with Crippen LogP contribution < -0.4 is 10.2 Å². The molecule has 0 atom stereocenters. The molecular formula is C16H20BrN3O. The van der Waals surface area contributed by atoms with Gasteiger partial charge in [0.25, 0.3) is 0 Å². The monoisotopic (exact) mass is 349 g/mol. The molecule has 2 aromatic rings. The van der Waals surface area contributed by atoms with Crippen molar-refractivity contribution in [2.24, 2.45) is 0 Å². The maximum absolute atomic E-state index is 12.0. The molecule has 0 spiro atoms. The number of nitrogens with one attached hydrogen (secondary N) is 1. The first-order valence-corrected chi connectivity index (χ1v) is 7.89. The van der Waals surface area contributed by atoms with E-state index in [2.05, 4.69) is 31.1 Å². The Morgan fingerprint density at radius 2 is 2.14 bits per heavy atom. The molecule has 0 unspecified atom stereocenters. The summed E-state index contributed by atoms with van der Waals surface area (Å²) in [6, 6.07) is 8.10. The van der Waals surface area contributed by atoms with Gasteiger partial charge in [-0.25, -0.2) is 0 Å². The predicted molar refractivity (Wildman–Crippen MR) is 90.6 cm³/mol. The van der Waals surface area contributed by atoms with Gasteiger partial charge in [0.1, 0.15) is 0 Å². The molecule has 0 radical (unpaired) electrons. The second-order valence-electron chi connectivity index (χ2n) is 5.23. The summed E-state index contributed by atoms with van der Waals surface area (Å²) in [5, 5.41) is 3.98. The van der Waals surface area contributed by atoms with Gasteiger partial charge in [-0.2, -0.15) is 0 Å². The molecule has 21 heavy (non-hydrogen) atoms. The first kappa shape index (κ1) is 15.8. The van der Waals surface area contributed by atoms with Crippen LogP contribution in [0.1, 0.15) is 20.8 Å². The van der Waals surface area contributed by atoms with E-state index >= 15 is 0 Å². The third-order valence-corrected chi connectivity index (χ3v) is 3.68. The van der Waals surface area contributed by atoms with E-state index in [0.717, 1.165) is 27.6 Å². The number of carbonyl (C=O) groups excluding carboxylic acids is 1. The van der Waals surface area contributed by atoms with Crippen molar-refractivity contribution >= 4 is 38.4 Å². The third kappa shape index (κ3) is 3.94. The lowest BCUT2D eigenvalue weighted by Gasteiger charge is -2.24. The molecule has 1 heterocycles. The fourth-order valence-corrected chi connectivity index (χ4v) is 2.65. The Morgan fingerprint density at radius 3 is 2.81 bits per heavy atom. The first-order chi connectivity index (χ1) is 10.0. The van der Waals surface area contributed by atoms with Crippen molar-refractivity contribution in [2.45, 2.75) is 26.8 Å². The Labute approximate surface area is 133 Å². The molecule has 2 rings (SSSR count). The highest BCUT2D eigenvalue weighted by atomic mass is 79.9. The van der Waals surface area contributed by atoms with Crippen LogP contribution in [0.3, 0.4) is 0 Å². The van der Waals surface area contributed by atoms with E-state index in [1.807, 2.05) is 45.0 Å². The Balaban J connectivity index is 2.33. The summed E-state index contributed by atoms with van der Waals surface area (Å²) < 4.78 is 1.01. The first-order valence-electron chi connectivity index (χ1n) is 7.10. The quantitative estimate of drug-likeness (QED) is 0.900. The lowest BCUT2D eigenvalue weighted by Crippen LogP contribution is -2.40. The van der Waals surface area contributed by atoms with Gasteiger partial charge in [-0.05, 0) is 45.0 Å². The number of rotatable bonds is 5. The van der Waals surface area contributed by atoms with Gasteiger partial charge in [0.15, 0.2) is 0 Å². The Hall–Kier alpha value is -1.62. The number of amides is 1. The van der Waals surface area contributed by atoms with Crippen LogP contribution in [0.5, 0.6) is 0 Å². The van der Waals surface area contributed by atoms with Crippen LogP contribution in [0.15, 0.2) is 34.9 Å². The number of nitrogens with zero attached hydrogens (tertiary/aromatic N) is 2. The number of carbonyl (C=O) groups is 1. The van der Waals surface area contributed by atoms with E-state index in [4.69, 9.17) is 0 Å². The van der Waals surface area contributed by atoms with Crippen LogP contribution in [-0.4, -0.2) is 30.0 Å². The molecule has 0 saturated heterocycles. The molecular weight excluding hydrogens is 330 g/mol. The van der Waals surface area contributed by atoms with Crippen molar-refractivity contribution in [3.05, 3.63) is 34.9 Å². The van der Waals surface area contributed by atoms with Crippen LogP contribution >= 0.6 is 15.9 Å². The van der Waals surface area contributed by atoms with Gasteiger partial charge in [-0.15, -0.1) is 0 Å². The Bertz CT molecular complexity index is 642. The molecule has 0 aliphatic heterocycles. The number of hydrogen-bond donors (Lipinski definition) is 1. The number of likely N-dealkylation sites (N-methyl/N-ethyl adjacent to an activating group) is 1. The molecule has 1 amide bonds. The van der Waals surface area contributed by atoms with Gasteiger partial charge in [-0.1, -0.05) is 15.9 Å². The van der Waals surface area contributed by atoms with Crippen LogP contribution in [0.2, 0.25) is 0 Å². The maximum Gasteiger partial charge on any atom is 0.239 e. The molecule has 1 N–H and O–H groups in total. The van der Waals surface area contributed by atoms with E-state index in [0.29, 0.717) is 6.54 Å². The minimum absolute atomic E-state index is 0.0341. The van der Waals surface area contributed by atoms with Crippen LogP contribution in [0.25, 0.3) is 10.9 Å². The predicted octanol–water partition coefficient (Wildman–Crippen LogP) is 3.35. The van der Waals surface area contributed by atoms with Gasteiger partial charge >= 0.3 is 0 Å². The number of pyridine rings is 1. The van der Waals surface area contributed by atoms with Gasteiger partial charge in [0, 0.05) is 34.3 Å². The zero-order valence-electron chi connectivity index (χ0n) is 12.6. The fourth-order valence-electron chi connectivity index (χ4n) is 2.29. The molecule has 5 heteroatoms. The molecule has 1 aromatic carbocycles. The van der Waals surface area contributed by atoms with E-state index in [1.165, 1.54) is 0 Å². The highest BCUT2D eigenvalue weighted by Crippen LogP contribution is 2.27. The summed E-state index contributed by atoms with van der Waals surface area (Å²) in [5.41, 5.74) is 1.96. The SMILES string of the molecule is CCN(CC(=O)NC(C)C)c1ccnc2ccc(Br)cc12. The highest BCUT2D eigenvalue weighted by Gasteiger charge is 2.13. The summed E-state index contributed by atoms with van der Waals surface area (Å²) in [4.78, 5) is 18.5. The molecule has 1 aromatic heterocycles. The van der Waals surface area contributed by atoms with Crippen LogP contribution in [0, 0.1) is 0 Å². The summed E-state index contributed by atoms with van der Waals surface area (Å²) in [6.07, 6.45) is 1.79. The van der Waals surface area contributed by atoms with Gasteiger partial charge < -0.3 is 10.2 Å². The van der Waals surface area contributed by atoms with E-state index in [1.54, 1.807) is 6.20 Å². The van der Waals surface area contributed by atoms with Gasteiger partial charge in [0.05, 0.1) is 12.1 Å². The van der Waals surface area contributed by atoms with Crippen molar-refractivity contribution < 1.29 is 4.79 Å². The molecule has 4 nitrogen and oxygen atoms in total. The molecule has 0 saturated carbocycles. The zero-order chi connectivity index (χ0) is 15.4.